The van der Waals surface area contributed by atoms with Gasteiger partial charge in [0.25, 0.3) is 5.91 Å². The van der Waals surface area contributed by atoms with Gasteiger partial charge in [0.15, 0.2) is 6.10 Å². The molecule has 4 heterocycles. The SMILES string of the molecule is Cc1cc(C[C@@H](OC(=O)N2CCC(N3CCc4ccccc4NC3=O)CC2)C(=O)N2CCC(N3CCC(C)(C)CC3)CC2)cc(C)c1N. The van der Waals surface area contributed by atoms with Gasteiger partial charge in [-0.15, -0.1) is 0 Å². The number of hydrogen-bond acceptors (Lipinski definition) is 6. The number of piperidine rings is 3. The summed E-state index contributed by atoms with van der Waals surface area (Å²) in [6.45, 7) is 13.8. The number of nitrogens with one attached hydrogen (secondary N) is 1. The first kappa shape index (κ1) is 34.1. The van der Waals surface area contributed by atoms with Crippen molar-refractivity contribution in [1.29, 1.82) is 0 Å². The molecule has 4 aliphatic rings. The molecule has 10 heteroatoms. The standard InChI is InChI=1S/C38H54N6O4/c1-26-23-28(24-27(2)34(26)39)25-33(35(45)42-16-10-30(11-17-42)41-21-14-38(3,4)15-22-41)48-37(47)43-18-12-31(13-19-43)44-20-9-29-7-5-6-8-32(29)40-36(44)46/h5-8,23-24,30-31,33H,9-22,25,39H2,1-4H3,(H,40,46)/t33-/m1/s1. The van der Waals surface area contributed by atoms with Crippen LogP contribution >= 0.6 is 0 Å². The number of ether oxygens (including phenoxy) is 1. The molecule has 0 unspecified atom stereocenters. The van der Waals surface area contributed by atoms with Gasteiger partial charge in [0, 0.05) is 62.6 Å². The van der Waals surface area contributed by atoms with E-state index in [2.05, 4.69) is 30.1 Å². The van der Waals surface area contributed by atoms with E-state index in [0.29, 0.717) is 63.4 Å². The number of anilines is 2. The van der Waals surface area contributed by atoms with Crippen LogP contribution in [0.3, 0.4) is 0 Å². The molecule has 4 amide bonds. The summed E-state index contributed by atoms with van der Waals surface area (Å²) in [4.78, 5) is 49.0. The molecule has 3 N–H and O–H groups in total. The molecule has 1 atom stereocenters. The second-order valence-corrected chi connectivity index (χ2v) is 15.2. The molecule has 2 aromatic carbocycles. The number of para-hydroxylation sites is 1. The molecule has 0 spiro atoms. The third-order valence-corrected chi connectivity index (χ3v) is 11.3. The molecule has 0 aliphatic carbocycles. The fraction of sp³-hybridized carbons (Fsp3) is 0.605. The maximum absolute atomic E-state index is 14.1. The Labute approximate surface area is 285 Å². The molecule has 0 radical (unpaired) electrons. The van der Waals surface area contributed by atoms with Gasteiger partial charge in [0.05, 0.1) is 0 Å². The Morgan fingerprint density at radius 1 is 0.896 bits per heavy atom. The zero-order valence-electron chi connectivity index (χ0n) is 29.3. The summed E-state index contributed by atoms with van der Waals surface area (Å²) in [5.41, 5.74) is 12.2. The number of nitrogen functional groups attached to an aromatic ring is 1. The Morgan fingerprint density at radius 2 is 1.50 bits per heavy atom. The van der Waals surface area contributed by atoms with Gasteiger partial charge in [-0.2, -0.15) is 0 Å². The second kappa shape index (κ2) is 14.4. The van der Waals surface area contributed by atoms with E-state index >= 15 is 0 Å². The summed E-state index contributed by atoms with van der Waals surface area (Å²) >= 11 is 0. The first-order valence-electron chi connectivity index (χ1n) is 18.0. The lowest BCUT2D eigenvalue weighted by Crippen LogP contribution is -2.53. The van der Waals surface area contributed by atoms with Crippen molar-refractivity contribution in [2.45, 2.75) is 97.2 Å². The Hall–Kier alpha value is -3.79. The van der Waals surface area contributed by atoms with Crippen LogP contribution in [0.4, 0.5) is 21.0 Å². The van der Waals surface area contributed by atoms with Gasteiger partial charge in [-0.1, -0.05) is 44.2 Å². The van der Waals surface area contributed by atoms with Crippen molar-refractivity contribution < 1.29 is 19.1 Å². The first-order valence-corrected chi connectivity index (χ1v) is 18.0. The monoisotopic (exact) mass is 658 g/mol. The van der Waals surface area contributed by atoms with Crippen LogP contribution in [0.25, 0.3) is 0 Å². The zero-order valence-corrected chi connectivity index (χ0v) is 29.3. The van der Waals surface area contributed by atoms with Crippen molar-refractivity contribution in [2.24, 2.45) is 5.41 Å². The summed E-state index contributed by atoms with van der Waals surface area (Å²) in [5.74, 6) is -0.121. The van der Waals surface area contributed by atoms with Crippen LogP contribution in [0, 0.1) is 19.3 Å². The summed E-state index contributed by atoms with van der Waals surface area (Å²) < 4.78 is 6.11. The molecule has 0 saturated carbocycles. The van der Waals surface area contributed by atoms with Gasteiger partial charge >= 0.3 is 12.1 Å². The van der Waals surface area contributed by atoms with E-state index in [1.807, 2.05) is 54.0 Å². The van der Waals surface area contributed by atoms with Crippen LogP contribution in [0.5, 0.6) is 0 Å². The van der Waals surface area contributed by atoms with Crippen LogP contribution < -0.4 is 11.1 Å². The summed E-state index contributed by atoms with van der Waals surface area (Å²) in [6.07, 6.45) is 5.34. The van der Waals surface area contributed by atoms with E-state index in [1.165, 1.54) is 12.8 Å². The highest BCUT2D eigenvalue weighted by atomic mass is 16.6. The molecule has 4 aliphatic heterocycles. The van der Waals surface area contributed by atoms with Crippen LogP contribution in [-0.2, 0) is 22.4 Å². The number of hydrogen-bond donors (Lipinski definition) is 2. The van der Waals surface area contributed by atoms with Gasteiger partial charge in [-0.25, -0.2) is 9.59 Å². The predicted molar refractivity (Wildman–Crippen MR) is 189 cm³/mol. The first-order chi connectivity index (χ1) is 23.0. The van der Waals surface area contributed by atoms with Crippen LogP contribution in [0.1, 0.15) is 74.6 Å². The van der Waals surface area contributed by atoms with E-state index < -0.39 is 12.2 Å². The molecular weight excluding hydrogens is 604 g/mol. The molecule has 48 heavy (non-hydrogen) atoms. The normalized spacial score (nSPS) is 21.7. The topological polar surface area (TPSA) is 111 Å². The number of benzene rings is 2. The number of carbonyl (C=O) groups excluding carboxylic acids is 3. The summed E-state index contributed by atoms with van der Waals surface area (Å²) in [5, 5.41) is 3.06. The van der Waals surface area contributed by atoms with Crippen LogP contribution in [0.2, 0.25) is 0 Å². The molecule has 6 rings (SSSR count). The number of likely N-dealkylation sites (tertiary alicyclic amines) is 3. The average Bonchev–Trinajstić information content (AvgIpc) is 3.24. The van der Waals surface area contributed by atoms with E-state index in [1.54, 1.807) is 4.90 Å². The highest BCUT2D eigenvalue weighted by Gasteiger charge is 2.37. The Bertz CT molecular complexity index is 1460. The largest absolute Gasteiger partial charge is 0.436 e. The number of nitrogens with two attached hydrogens (primary N) is 1. The van der Waals surface area contributed by atoms with E-state index in [4.69, 9.17) is 10.5 Å². The number of rotatable bonds is 6. The molecular formula is C38H54N6O4. The molecule has 0 aromatic heterocycles. The highest BCUT2D eigenvalue weighted by molar-refractivity contribution is 5.91. The molecule has 3 saturated heterocycles. The smallest absolute Gasteiger partial charge is 0.410 e. The van der Waals surface area contributed by atoms with Gasteiger partial charge in [0.2, 0.25) is 0 Å². The minimum Gasteiger partial charge on any atom is -0.436 e. The van der Waals surface area contributed by atoms with Gasteiger partial charge in [-0.05, 0) is 106 Å². The molecule has 0 bridgehead atoms. The van der Waals surface area contributed by atoms with Crippen molar-refractivity contribution in [3.63, 3.8) is 0 Å². The Morgan fingerprint density at radius 3 is 2.17 bits per heavy atom. The quantitative estimate of drug-likeness (QED) is 0.391. The van der Waals surface area contributed by atoms with Crippen molar-refractivity contribution in [2.75, 3.05) is 56.9 Å². The minimum atomic E-state index is -0.917. The number of amides is 4. The number of nitrogens with zero attached hydrogens (tertiary/aromatic N) is 4. The fourth-order valence-electron chi connectivity index (χ4n) is 8.02. The minimum absolute atomic E-state index is 0.0359. The third kappa shape index (κ3) is 7.74. The van der Waals surface area contributed by atoms with Crippen LogP contribution in [0.15, 0.2) is 36.4 Å². The van der Waals surface area contributed by atoms with Gasteiger partial charge < -0.3 is 35.4 Å². The van der Waals surface area contributed by atoms with Crippen molar-refractivity contribution in [1.82, 2.24) is 19.6 Å². The maximum Gasteiger partial charge on any atom is 0.410 e. The molecule has 2 aromatic rings. The van der Waals surface area contributed by atoms with Crippen LogP contribution in [-0.4, -0.2) is 102 Å². The lowest BCUT2D eigenvalue weighted by Gasteiger charge is -2.44. The fourth-order valence-corrected chi connectivity index (χ4v) is 8.02. The van der Waals surface area contributed by atoms with Gasteiger partial charge in [0.1, 0.15) is 0 Å². The summed E-state index contributed by atoms with van der Waals surface area (Å²) in [7, 11) is 0. The van der Waals surface area contributed by atoms with E-state index in [9.17, 15) is 14.4 Å². The molecule has 10 nitrogen and oxygen atoms in total. The van der Waals surface area contributed by atoms with Crippen molar-refractivity contribution >= 4 is 29.4 Å². The number of urea groups is 1. The Balaban J connectivity index is 1.08. The number of aryl methyl sites for hydroxylation is 2. The number of fused-ring (bicyclic) bond motifs is 1. The van der Waals surface area contributed by atoms with E-state index in [0.717, 1.165) is 66.0 Å². The number of carbonyl (C=O) groups is 3. The van der Waals surface area contributed by atoms with Gasteiger partial charge in [-0.3, -0.25) is 4.79 Å². The predicted octanol–water partition coefficient (Wildman–Crippen LogP) is 5.60. The molecule has 260 valence electrons. The zero-order chi connectivity index (χ0) is 34.0. The average molecular weight is 659 g/mol. The summed E-state index contributed by atoms with van der Waals surface area (Å²) in [6, 6.07) is 12.4. The lowest BCUT2D eigenvalue weighted by molar-refractivity contribution is -0.142. The third-order valence-electron chi connectivity index (χ3n) is 11.3. The Kier molecular flexibility index (Phi) is 10.2. The molecule has 3 fully saturated rings. The maximum atomic E-state index is 14.1. The highest BCUT2D eigenvalue weighted by Crippen LogP contribution is 2.33. The van der Waals surface area contributed by atoms with Crippen molar-refractivity contribution in [3.8, 4) is 0 Å². The second-order valence-electron chi connectivity index (χ2n) is 15.2. The lowest BCUT2D eigenvalue weighted by atomic mass is 9.82. The van der Waals surface area contributed by atoms with Crippen molar-refractivity contribution in [3.05, 3.63) is 58.7 Å². The van der Waals surface area contributed by atoms with E-state index in [-0.39, 0.29) is 18.0 Å².